The molecule has 0 aliphatic heterocycles. The first-order chi connectivity index (χ1) is 8.57. The topological polar surface area (TPSA) is 49.8 Å². The molecule has 100 valence electrons. The first kappa shape index (κ1) is 14.5. The molecule has 1 rings (SSSR count). The van der Waals surface area contributed by atoms with Gasteiger partial charge < -0.3 is 14.7 Å². The number of halogens is 2. The lowest BCUT2D eigenvalue weighted by molar-refractivity contribution is 0.0614. The van der Waals surface area contributed by atoms with Crippen LogP contribution in [-0.4, -0.2) is 49.3 Å². The first-order valence-electron chi connectivity index (χ1n) is 5.46. The zero-order chi connectivity index (χ0) is 13.5. The van der Waals surface area contributed by atoms with Gasteiger partial charge in [0.05, 0.1) is 25.4 Å². The van der Waals surface area contributed by atoms with E-state index < -0.39 is 17.5 Å². The highest BCUT2D eigenvalue weighted by Crippen LogP contribution is 2.13. The van der Waals surface area contributed by atoms with E-state index in [1.807, 2.05) is 0 Å². The minimum atomic E-state index is -1.15. The number of aliphatic hydroxyl groups is 1. The van der Waals surface area contributed by atoms with Gasteiger partial charge in [0, 0.05) is 13.6 Å². The number of rotatable bonds is 6. The van der Waals surface area contributed by atoms with Crippen LogP contribution in [0.3, 0.4) is 0 Å². The molecule has 0 aliphatic carbocycles. The molecule has 0 bridgehead atoms. The number of nitrogens with zero attached hydrogens (tertiary/aromatic N) is 1. The lowest BCUT2D eigenvalue weighted by Gasteiger charge is -2.17. The SMILES string of the molecule is CN(CCOCCO)C(=O)c1cccc(F)c1F. The minimum Gasteiger partial charge on any atom is -0.394 e. The van der Waals surface area contributed by atoms with Crippen molar-refractivity contribution in [1.82, 2.24) is 4.90 Å². The normalized spacial score (nSPS) is 10.4. The molecule has 0 fully saturated rings. The Kier molecular flexibility index (Phi) is 5.67. The van der Waals surface area contributed by atoms with Gasteiger partial charge in [0.25, 0.3) is 5.91 Å². The molecule has 6 heteroatoms. The first-order valence-corrected chi connectivity index (χ1v) is 5.46. The van der Waals surface area contributed by atoms with Crippen LogP contribution in [0.15, 0.2) is 18.2 Å². The van der Waals surface area contributed by atoms with Crippen molar-refractivity contribution in [2.75, 3.05) is 33.4 Å². The smallest absolute Gasteiger partial charge is 0.256 e. The largest absolute Gasteiger partial charge is 0.394 e. The molecule has 0 saturated heterocycles. The second-order valence-corrected chi connectivity index (χ2v) is 3.66. The molecular formula is C12H15F2NO3. The van der Waals surface area contributed by atoms with Crippen molar-refractivity contribution in [1.29, 1.82) is 0 Å². The van der Waals surface area contributed by atoms with Crippen molar-refractivity contribution in [3.8, 4) is 0 Å². The summed E-state index contributed by atoms with van der Waals surface area (Å²) >= 11 is 0. The highest BCUT2D eigenvalue weighted by molar-refractivity contribution is 5.94. The maximum absolute atomic E-state index is 13.4. The molecule has 0 aromatic heterocycles. The fourth-order valence-corrected chi connectivity index (χ4v) is 1.34. The summed E-state index contributed by atoms with van der Waals surface area (Å²) in [5.41, 5.74) is -0.306. The van der Waals surface area contributed by atoms with E-state index in [-0.39, 0.29) is 31.9 Å². The molecule has 1 amide bonds. The number of benzene rings is 1. The number of likely N-dealkylation sites (N-methyl/N-ethyl adjacent to an activating group) is 1. The van der Waals surface area contributed by atoms with Gasteiger partial charge in [-0.1, -0.05) is 6.07 Å². The Labute approximate surface area is 104 Å². The number of aliphatic hydroxyl groups excluding tert-OH is 1. The van der Waals surface area contributed by atoms with Gasteiger partial charge in [-0.05, 0) is 12.1 Å². The van der Waals surface area contributed by atoms with Crippen LogP contribution in [0, 0.1) is 11.6 Å². The van der Waals surface area contributed by atoms with E-state index in [0.29, 0.717) is 0 Å². The van der Waals surface area contributed by atoms with Crippen LogP contribution in [0.2, 0.25) is 0 Å². The predicted molar refractivity (Wildman–Crippen MR) is 61.2 cm³/mol. The van der Waals surface area contributed by atoms with Gasteiger partial charge >= 0.3 is 0 Å². The summed E-state index contributed by atoms with van der Waals surface area (Å²) in [6, 6.07) is 3.46. The second-order valence-electron chi connectivity index (χ2n) is 3.66. The van der Waals surface area contributed by atoms with Gasteiger partial charge in [0.2, 0.25) is 0 Å². The molecule has 0 atom stereocenters. The maximum atomic E-state index is 13.4. The van der Waals surface area contributed by atoms with E-state index >= 15 is 0 Å². The molecular weight excluding hydrogens is 244 g/mol. The Bertz CT molecular complexity index is 412. The quantitative estimate of drug-likeness (QED) is 0.777. The number of carbonyl (C=O) groups is 1. The van der Waals surface area contributed by atoms with E-state index in [9.17, 15) is 13.6 Å². The lowest BCUT2D eigenvalue weighted by atomic mass is 10.2. The summed E-state index contributed by atoms with van der Waals surface area (Å²) in [4.78, 5) is 13.0. The summed E-state index contributed by atoms with van der Waals surface area (Å²) in [5, 5.41) is 8.49. The molecule has 0 aliphatic rings. The van der Waals surface area contributed by atoms with Gasteiger partial charge in [-0.15, -0.1) is 0 Å². The number of ether oxygens (including phenoxy) is 1. The highest BCUT2D eigenvalue weighted by atomic mass is 19.2. The average molecular weight is 259 g/mol. The van der Waals surface area contributed by atoms with E-state index in [4.69, 9.17) is 9.84 Å². The molecule has 0 saturated carbocycles. The summed E-state index contributed by atoms with van der Waals surface area (Å²) in [5.74, 6) is -2.81. The summed E-state index contributed by atoms with van der Waals surface area (Å²) < 4.78 is 31.3. The second kappa shape index (κ2) is 7.03. The molecule has 18 heavy (non-hydrogen) atoms. The lowest BCUT2D eigenvalue weighted by Crippen LogP contribution is -2.31. The summed E-state index contributed by atoms with van der Waals surface area (Å²) in [7, 11) is 1.47. The van der Waals surface area contributed by atoms with E-state index in [1.54, 1.807) is 0 Å². The monoisotopic (exact) mass is 259 g/mol. The third kappa shape index (κ3) is 3.75. The molecule has 1 N–H and O–H groups in total. The number of amides is 1. The summed E-state index contributed by atoms with van der Waals surface area (Å²) in [6.07, 6.45) is 0. The van der Waals surface area contributed by atoms with Crippen molar-refractivity contribution >= 4 is 5.91 Å². The van der Waals surface area contributed by atoms with Crippen LogP contribution in [0.1, 0.15) is 10.4 Å². The van der Waals surface area contributed by atoms with E-state index in [2.05, 4.69) is 0 Å². The number of hydrogen-bond donors (Lipinski definition) is 1. The Hall–Kier alpha value is -1.53. The van der Waals surface area contributed by atoms with Crippen LogP contribution in [0.4, 0.5) is 8.78 Å². The predicted octanol–water partition coefficient (Wildman–Crippen LogP) is 1.05. The fourth-order valence-electron chi connectivity index (χ4n) is 1.34. The van der Waals surface area contributed by atoms with Crippen LogP contribution in [0.25, 0.3) is 0 Å². The molecule has 1 aromatic carbocycles. The van der Waals surface area contributed by atoms with Crippen molar-refractivity contribution in [2.24, 2.45) is 0 Å². The van der Waals surface area contributed by atoms with Gasteiger partial charge in [0.1, 0.15) is 0 Å². The molecule has 1 aromatic rings. The molecule has 4 nitrogen and oxygen atoms in total. The molecule has 0 radical (unpaired) electrons. The maximum Gasteiger partial charge on any atom is 0.256 e. The zero-order valence-electron chi connectivity index (χ0n) is 10.0. The average Bonchev–Trinajstić information content (AvgIpc) is 2.37. The van der Waals surface area contributed by atoms with Crippen molar-refractivity contribution in [3.63, 3.8) is 0 Å². The van der Waals surface area contributed by atoms with Crippen LogP contribution in [-0.2, 0) is 4.74 Å². The third-order valence-electron chi connectivity index (χ3n) is 2.34. The van der Waals surface area contributed by atoms with E-state index in [1.165, 1.54) is 24.1 Å². The van der Waals surface area contributed by atoms with Crippen LogP contribution in [0.5, 0.6) is 0 Å². The third-order valence-corrected chi connectivity index (χ3v) is 2.34. The summed E-state index contributed by atoms with van der Waals surface area (Å²) in [6.45, 7) is 0.529. The van der Waals surface area contributed by atoms with Gasteiger partial charge in [-0.25, -0.2) is 8.78 Å². The molecule has 0 spiro atoms. The van der Waals surface area contributed by atoms with Crippen LogP contribution >= 0.6 is 0 Å². The van der Waals surface area contributed by atoms with E-state index in [0.717, 1.165) is 6.07 Å². The Morgan fingerprint density at radius 1 is 1.39 bits per heavy atom. The highest BCUT2D eigenvalue weighted by Gasteiger charge is 2.18. The minimum absolute atomic E-state index is 0.101. The van der Waals surface area contributed by atoms with Gasteiger partial charge in [0.15, 0.2) is 11.6 Å². The Morgan fingerprint density at radius 3 is 2.78 bits per heavy atom. The van der Waals surface area contributed by atoms with Gasteiger partial charge in [-0.2, -0.15) is 0 Å². The fraction of sp³-hybridized carbons (Fsp3) is 0.417. The molecule has 0 heterocycles. The number of carbonyl (C=O) groups excluding carboxylic acids is 1. The zero-order valence-corrected chi connectivity index (χ0v) is 10.0. The van der Waals surface area contributed by atoms with Crippen molar-refractivity contribution < 1.29 is 23.4 Å². The van der Waals surface area contributed by atoms with Crippen molar-refractivity contribution in [3.05, 3.63) is 35.4 Å². The standard InChI is InChI=1S/C12H15F2NO3/c1-15(5-7-18-8-6-16)12(17)9-3-2-4-10(13)11(9)14/h2-4,16H,5-8H2,1H3. The Morgan fingerprint density at radius 2 is 2.11 bits per heavy atom. The Balaban J connectivity index is 2.60. The van der Waals surface area contributed by atoms with Gasteiger partial charge in [-0.3, -0.25) is 4.79 Å². The van der Waals surface area contributed by atoms with Crippen molar-refractivity contribution in [2.45, 2.75) is 0 Å². The molecule has 0 unspecified atom stereocenters. The van der Waals surface area contributed by atoms with Crippen LogP contribution < -0.4 is 0 Å². The number of hydrogen-bond acceptors (Lipinski definition) is 3.